The van der Waals surface area contributed by atoms with Gasteiger partial charge in [-0.05, 0) is 36.9 Å². The van der Waals surface area contributed by atoms with Crippen LogP contribution >= 0.6 is 0 Å². The van der Waals surface area contributed by atoms with E-state index in [1.165, 1.54) is 5.69 Å². The smallest absolute Gasteiger partial charge is 0.157 e. The maximum Gasteiger partial charge on any atom is 0.157 e. The van der Waals surface area contributed by atoms with E-state index >= 15 is 0 Å². The van der Waals surface area contributed by atoms with Crippen LogP contribution in [0.3, 0.4) is 0 Å². The summed E-state index contributed by atoms with van der Waals surface area (Å²) in [7, 11) is 2.17. The second kappa shape index (κ2) is 7.09. The van der Waals surface area contributed by atoms with Gasteiger partial charge >= 0.3 is 0 Å². The van der Waals surface area contributed by atoms with Crippen molar-refractivity contribution in [1.29, 1.82) is 0 Å². The highest BCUT2D eigenvalue weighted by atomic mass is 16.6. The van der Waals surface area contributed by atoms with Gasteiger partial charge in [-0.2, -0.15) is 0 Å². The van der Waals surface area contributed by atoms with Crippen LogP contribution in [0.2, 0.25) is 0 Å². The van der Waals surface area contributed by atoms with Gasteiger partial charge in [0.15, 0.2) is 5.75 Å². The molecule has 0 saturated carbocycles. The Labute approximate surface area is 131 Å². The normalized spacial score (nSPS) is 16.1. The fourth-order valence-electron chi connectivity index (χ4n) is 2.47. The molecule has 4 nitrogen and oxygen atoms in total. The summed E-state index contributed by atoms with van der Waals surface area (Å²) in [5, 5.41) is 4.02. The summed E-state index contributed by atoms with van der Waals surface area (Å²) in [5.41, 5.74) is 2.31. The van der Waals surface area contributed by atoms with Crippen LogP contribution in [0.5, 0.6) is 5.75 Å². The molecule has 1 aliphatic rings. The molecule has 0 atom stereocenters. The molecule has 0 radical (unpaired) electrons. The van der Waals surface area contributed by atoms with Crippen molar-refractivity contribution in [2.75, 3.05) is 38.1 Å². The second-order valence-corrected chi connectivity index (χ2v) is 5.52. The molecule has 1 aliphatic heterocycles. The summed E-state index contributed by atoms with van der Waals surface area (Å²) in [6.45, 7) is 4.41. The number of benzene rings is 2. The lowest BCUT2D eigenvalue weighted by atomic mass is 10.2. The van der Waals surface area contributed by atoms with Crippen LogP contribution in [0.4, 0.5) is 5.69 Å². The van der Waals surface area contributed by atoms with Crippen LogP contribution in [0.1, 0.15) is 5.56 Å². The van der Waals surface area contributed by atoms with Gasteiger partial charge in [-0.3, -0.25) is 0 Å². The van der Waals surface area contributed by atoms with Gasteiger partial charge < -0.3 is 14.6 Å². The van der Waals surface area contributed by atoms with Gasteiger partial charge in [0.25, 0.3) is 0 Å². The monoisotopic (exact) mass is 295 g/mol. The van der Waals surface area contributed by atoms with Crippen molar-refractivity contribution in [3.63, 3.8) is 0 Å². The van der Waals surface area contributed by atoms with E-state index in [1.807, 2.05) is 30.3 Å². The highest BCUT2D eigenvalue weighted by Crippen LogP contribution is 2.16. The molecule has 114 valence electrons. The molecule has 22 heavy (non-hydrogen) atoms. The van der Waals surface area contributed by atoms with Crippen LogP contribution < -0.4 is 9.74 Å². The highest BCUT2D eigenvalue weighted by molar-refractivity contribution is 5.80. The quantitative estimate of drug-likeness (QED) is 0.641. The molecule has 0 bridgehead atoms. The van der Waals surface area contributed by atoms with Gasteiger partial charge in [0.1, 0.15) is 0 Å². The first-order chi connectivity index (χ1) is 10.8. The standard InChI is InChI=1S/C18H21N3O/c1-20-11-13-21(14-12-20)17-9-7-16(8-10-17)15-19-22-18-5-3-2-4-6-18/h2-10,15H,11-14H2,1H3. The fraction of sp³-hybridized carbons (Fsp3) is 0.278. The Balaban J connectivity index is 1.57. The van der Waals surface area contributed by atoms with Crippen molar-refractivity contribution in [1.82, 2.24) is 4.90 Å². The second-order valence-electron chi connectivity index (χ2n) is 5.52. The third-order valence-electron chi connectivity index (χ3n) is 3.86. The van der Waals surface area contributed by atoms with Crippen molar-refractivity contribution in [2.45, 2.75) is 0 Å². The molecule has 1 heterocycles. The minimum atomic E-state index is 0.743. The van der Waals surface area contributed by atoms with Crippen molar-refractivity contribution < 1.29 is 4.84 Å². The fourth-order valence-corrected chi connectivity index (χ4v) is 2.47. The van der Waals surface area contributed by atoms with E-state index in [9.17, 15) is 0 Å². The van der Waals surface area contributed by atoms with E-state index in [1.54, 1.807) is 6.21 Å². The Morgan fingerprint density at radius 3 is 2.27 bits per heavy atom. The number of likely N-dealkylation sites (N-methyl/N-ethyl adjacent to an activating group) is 1. The lowest BCUT2D eigenvalue weighted by Gasteiger charge is -2.34. The summed E-state index contributed by atoms with van der Waals surface area (Å²) >= 11 is 0. The summed E-state index contributed by atoms with van der Waals surface area (Å²) in [5.74, 6) is 0.743. The van der Waals surface area contributed by atoms with Gasteiger partial charge in [-0.1, -0.05) is 35.5 Å². The molecule has 4 heteroatoms. The highest BCUT2D eigenvalue weighted by Gasteiger charge is 2.13. The van der Waals surface area contributed by atoms with E-state index in [2.05, 4.69) is 46.3 Å². The number of nitrogens with zero attached hydrogens (tertiary/aromatic N) is 3. The molecule has 1 fully saturated rings. The Hall–Kier alpha value is -2.33. The van der Waals surface area contributed by atoms with Crippen LogP contribution in [0.15, 0.2) is 59.8 Å². The van der Waals surface area contributed by atoms with Gasteiger partial charge in [0, 0.05) is 31.9 Å². The van der Waals surface area contributed by atoms with Crippen LogP contribution in [0.25, 0.3) is 0 Å². The van der Waals surface area contributed by atoms with E-state index in [0.29, 0.717) is 0 Å². The SMILES string of the molecule is CN1CCN(c2ccc(C=NOc3ccccc3)cc2)CC1. The number of para-hydroxylation sites is 1. The number of hydrogen-bond acceptors (Lipinski definition) is 4. The van der Waals surface area contributed by atoms with E-state index < -0.39 is 0 Å². The molecule has 2 aromatic carbocycles. The molecule has 3 rings (SSSR count). The third kappa shape index (κ3) is 3.86. The van der Waals surface area contributed by atoms with Gasteiger partial charge in [-0.15, -0.1) is 0 Å². The number of oxime groups is 1. The van der Waals surface area contributed by atoms with E-state index in [4.69, 9.17) is 4.84 Å². The molecule has 0 aliphatic carbocycles. The predicted molar refractivity (Wildman–Crippen MR) is 90.8 cm³/mol. The Kier molecular flexibility index (Phi) is 4.71. The van der Waals surface area contributed by atoms with Crippen molar-refractivity contribution in [3.05, 3.63) is 60.2 Å². The summed E-state index contributed by atoms with van der Waals surface area (Å²) in [4.78, 5) is 10.1. The van der Waals surface area contributed by atoms with Crippen molar-refractivity contribution in [2.24, 2.45) is 5.16 Å². The molecule has 0 spiro atoms. The molecular formula is C18H21N3O. The van der Waals surface area contributed by atoms with Crippen molar-refractivity contribution in [3.8, 4) is 5.75 Å². The van der Waals surface area contributed by atoms with Crippen molar-refractivity contribution >= 4 is 11.9 Å². The van der Waals surface area contributed by atoms with Gasteiger partial charge in [0.05, 0.1) is 6.21 Å². The predicted octanol–water partition coefficient (Wildman–Crippen LogP) is 2.85. The number of rotatable bonds is 4. The summed E-state index contributed by atoms with van der Waals surface area (Å²) in [6, 6.07) is 18.0. The zero-order valence-corrected chi connectivity index (χ0v) is 12.9. The molecule has 0 N–H and O–H groups in total. The zero-order chi connectivity index (χ0) is 15.2. The van der Waals surface area contributed by atoms with Crippen LogP contribution in [0, 0.1) is 0 Å². The van der Waals surface area contributed by atoms with Gasteiger partial charge in [0.2, 0.25) is 0 Å². The van der Waals surface area contributed by atoms with Crippen LogP contribution in [-0.4, -0.2) is 44.3 Å². The molecular weight excluding hydrogens is 274 g/mol. The van der Waals surface area contributed by atoms with Gasteiger partial charge in [-0.25, -0.2) is 0 Å². The number of anilines is 1. The average molecular weight is 295 g/mol. The number of hydrogen-bond donors (Lipinski definition) is 0. The minimum absolute atomic E-state index is 0.743. The third-order valence-corrected chi connectivity index (χ3v) is 3.86. The number of piperazine rings is 1. The summed E-state index contributed by atoms with van der Waals surface area (Å²) in [6.07, 6.45) is 1.74. The van der Waals surface area contributed by atoms with E-state index in [0.717, 1.165) is 37.5 Å². The minimum Gasteiger partial charge on any atom is -0.369 e. The Bertz CT molecular complexity index is 602. The lowest BCUT2D eigenvalue weighted by Crippen LogP contribution is -2.44. The molecule has 0 amide bonds. The first-order valence-corrected chi connectivity index (χ1v) is 7.60. The first-order valence-electron chi connectivity index (χ1n) is 7.60. The largest absolute Gasteiger partial charge is 0.369 e. The Morgan fingerprint density at radius 2 is 1.59 bits per heavy atom. The maximum absolute atomic E-state index is 5.32. The molecule has 0 unspecified atom stereocenters. The Morgan fingerprint density at radius 1 is 0.909 bits per heavy atom. The first kappa shape index (κ1) is 14.6. The maximum atomic E-state index is 5.32. The summed E-state index contributed by atoms with van der Waals surface area (Å²) < 4.78 is 0. The van der Waals surface area contributed by atoms with E-state index in [-0.39, 0.29) is 0 Å². The molecule has 2 aromatic rings. The van der Waals surface area contributed by atoms with Crippen LogP contribution in [-0.2, 0) is 0 Å². The lowest BCUT2D eigenvalue weighted by molar-refractivity contribution is 0.313. The zero-order valence-electron chi connectivity index (χ0n) is 12.9. The topological polar surface area (TPSA) is 28.1 Å². The average Bonchev–Trinajstić information content (AvgIpc) is 2.57. The molecule has 0 aromatic heterocycles. The molecule has 1 saturated heterocycles.